The van der Waals surface area contributed by atoms with Crippen molar-refractivity contribution in [2.24, 2.45) is 0 Å². The Balaban J connectivity index is 2.12. The Morgan fingerprint density at radius 2 is 2.07 bits per heavy atom. The predicted octanol–water partition coefficient (Wildman–Crippen LogP) is 2.19. The molecule has 0 saturated heterocycles. The highest BCUT2D eigenvalue weighted by Crippen LogP contribution is 2.33. The second-order valence-corrected chi connectivity index (χ2v) is 4.11. The Labute approximate surface area is 92.1 Å². The molecule has 3 nitrogen and oxygen atoms in total. The average molecular weight is 222 g/mol. The lowest BCUT2D eigenvalue weighted by Crippen LogP contribution is -2.12. The molecule has 0 N–H and O–H groups in total. The van der Waals surface area contributed by atoms with Crippen LogP contribution < -0.4 is 0 Å². The lowest BCUT2D eigenvalue weighted by atomic mass is 10.4. The van der Waals surface area contributed by atoms with Gasteiger partial charge in [0, 0.05) is 18.1 Å². The van der Waals surface area contributed by atoms with E-state index in [4.69, 9.17) is 9.47 Å². The molecule has 1 aromatic carbocycles. The van der Waals surface area contributed by atoms with Crippen molar-refractivity contribution in [2.45, 2.75) is 11.2 Å². The number of esters is 1. The first-order valence-electron chi connectivity index (χ1n) is 4.47. The molecule has 1 atom stereocenters. The number of thioether (sulfide) groups is 1. The van der Waals surface area contributed by atoms with Gasteiger partial charge in [-0.25, -0.2) is 4.79 Å². The molecule has 2 rings (SSSR count). The van der Waals surface area contributed by atoms with Gasteiger partial charge in [-0.05, 0) is 12.1 Å². The summed E-state index contributed by atoms with van der Waals surface area (Å²) in [6.07, 6.45) is 0.911. The molecular formula is C11H10O3S. The number of carbonyl (C=O) groups is 1. The monoisotopic (exact) mass is 222 g/mol. The second-order valence-electron chi connectivity index (χ2n) is 2.97. The second kappa shape index (κ2) is 4.51. The molecule has 1 aliphatic heterocycles. The molecule has 0 unspecified atom stereocenters. The highest BCUT2D eigenvalue weighted by molar-refractivity contribution is 8.03. The smallest absolute Gasteiger partial charge is 0.334 e. The Bertz CT molecular complexity index is 386. The SMILES string of the molecule is CO[C@H]1OC(=O)C=C1Sc1ccccc1. The van der Waals surface area contributed by atoms with Crippen LogP contribution >= 0.6 is 11.8 Å². The van der Waals surface area contributed by atoms with Crippen LogP contribution in [0.3, 0.4) is 0 Å². The molecule has 0 aromatic heterocycles. The highest BCUT2D eigenvalue weighted by Gasteiger charge is 2.26. The van der Waals surface area contributed by atoms with Gasteiger partial charge in [-0.15, -0.1) is 0 Å². The van der Waals surface area contributed by atoms with Crippen LogP contribution in [-0.4, -0.2) is 19.4 Å². The van der Waals surface area contributed by atoms with E-state index >= 15 is 0 Å². The van der Waals surface area contributed by atoms with Gasteiger partial charge in [-0.2, -0.15) is 0 Å². The summed E-state index contributed by atoms with van der Waals surface area (Å²) >= 11 is 1.48. The molecule has 15 heavy (non-hydrogen) atoms. The molecule has 0 aliphatic carbocycles. The lowest BCUT2D eigenvalue weighted by molar-refractivity contribution is -0.154. The fourth-order valence-electron chi connectivity index (χ4n) is 1.25. The zero-order valence-corrected chi connectivity index (χ0v) is 8.99. The molecular weight excluding hydrogens is 212 g/mol. The zero-order valence-electron chi connectivity index (χ0n) is 8.17. The van der Waals surface area contributed by atoms with Gasteiger partial charge >= 0.3 is 5.97 Å². The molecule has 0 fully saturated rings. The van der Waals surface area contributed by atoms with Crippen molar-refractivity contribution < 1.29 is 14.3 Å². The van der Waals surface area contributed by atoms with Crippen molar-refractivity contribution in [1.82, 2.24) is 0 Å². The standard InChI is InChI=1S/C11H10O3S/c1-13-11-9(7-10(12)14-11)15-8-5-3-2-4-6-8/h2-7,11H,1H3/t11-/m0/s1. The third-order valence-corrected chi connectivity index (χ3v) is 2.96. The third-order valence-electron chi connectivity index (χ3n) is 1.91. The van der Waals surface area contributed by atoms with Crippen LogP contribution in [0.5, 0.6) is 0 Å². The van der Waals surface area contributed by atoms with Crippen LogP contribution in [0.15, 0.2) is 46.2 Å². The maximum Gasteiger partial charge on any atom is 0.334 e. The van der Waals surface area contributed by atoms with Gasteiger partial charge in [0.2, 0.25) is 6.29 Å². The predicted molar refractivity (Wildman–Crippen MR) is 57.3 cm³/mol. The summed E-state index contributed by atoms with van der Waals surface area (Å²) in [6.45, 7) is 0. The van der Waals surface area contributed by atoms with Crippen molar-refractivity contribution in [3.8, 4) is 0 Å². The molecule has 1 aromatic rings. The first kappa shape index (κ1) is 10.3. The number of hydrogen-bond donors (Lipinski definition) is 0. The van der Waals surface area contributed by atoms with E-state index in [0.29, 0.717) is 0 Å². The zero-order chi connectivity index (χ0) is 10.7. The fraction of sp³-hybridized carbons (Fsp3) is 0.182. The van der Waals surface area contributed by atoms with Gasteiger partial charge in [0.1, 0.15) is 0 Å². The molecule has 0 radical (unpaired) electrons. The Hall–Kier alpha value is -1.26. The van der Waals surface area contributed by atoms with Crippen LogP contribution in [0.4, 0.5) is 0 Å². The van der Waals surface area contributed by atoms with Crippen molar-refractivity contribution >= 4 is 17.7 Å². The van der Waals surface area contributed by atoms with Gasteiger partial charge in [0.05, 0.1) is 4.91 Å². The van der Waals surface area contributed by atoms with Gasteiger partial charge in [-0.3, -0.25) is 0 Å². The number of cyclic esters (lactones) is 1. The third kappa shape index (κ3) is 2.40. The maximum atomic E-state index is 11.0. The van der Waals surface area contributed by atoms with Crippen LogP contribution in [0.25, 0.3) is 0 Å². The lowest BCUT2D eigenvalue weighted by Gasteiger charge is -2.11. The highest BCUT2D eigenvalue weighted by atomic mass is 32.2. The minimum absolute atomic E-state index is 0.347. The van der Waals surface area contributed by atoms with E-state index in [1.165, 1.54) is 24.9 Å². The number of benzene rings is 1. The molecule has 4 heteroatoms. The fourth-order valence-corrected chi connectivity index (χ4v) is 2.21. The minimum Gasteiger partial charge on any atom is -0.427 e. The average Bonchev–Trinajstić information content (AvgIpc) is 2.60. The van der Waals surface area contributed by atoms with E-state index in [1.54, 1.807) is 0 Å². The molecule has 1 aliphatic rings. The number of rotatable bonds is 3. The summed E-state index contributed by atoms with van der Waals surface area (Å²) in [5.74, 6) is -0.347. The number of ether oxygens (including phenoxy) is 2. The van der Waals surface area contributed by atoms with Gasteiger partial charge in [-0.1, -0.05) is 30.0 Å². The first-order valence-corrected chi connectivity index (χ1v) is 5.29. The van der Waals surface area contributed by atoms with Crippen LogP contribution in [-0.2, 0) is 14.3 Å². The number of carbonyl (C=O) groups excluding carboxylic acids is 1. The Kier molecular flexibility index (Phi) is 3.08. The van der Waals surface area contributed by atoms with E-state index in [2.05, 4.69) is 0 Å². The summed E-state index contributed by atoms with van der Waals surface area (Å²) < 4.78 is 9.95. The van der Waals surface area contributed by atoms with Crippen LogP contribution in [0, 0.1) is 0 Å². The van der Waals surface area contributed by atoms with E-state index in [0.717, 1.165) is 9.80 Å². The molecule has 0 amide bonds. The molecule has 0 spiro atoms. The number of hydrogen-bond acceptors (Lipinski definition) is 4. The number of methoxy groups -OCH3 is 1. The summed E-state index contributed by atoms with van der Waals surface area (Å²) in [4.78, 5) is 12.9. The Morgan fingerprint density at radius 1 is 1.33 bits per heavy atom. The van der Waals surface area contributed by atoms with Crippen molar-refractivity contribution in [3.05, 3.63) is 41.3 Å². The minimum atomic E-state index is -0.553. The van der Waals surface area contributed by atoms with E-state index in [-0.39, 0.29) is 5.97 Å². The topological polar surface area (TPSA) is 35.5 Å². The van der Waals surface area contributed by atoms with Crippen molar-refractivity contribution in [2.75, 3.05) is 7.11 Å². The summed E-state index contributed by atoms with van der Waals surface area (Å²) in [5.41, 5.74) is 0. The van der Waals surface area contributed by atoms with E-state index in [9.17, 15) is 4.79 Å². The first-order chi connectivity index (χ1) is 7.29. The van der Waals surface area contributed by atoms with E-state index in [1.807, 2.05) is 30.3 Å². The van der Waals surface area contributed by atoms with Crippen LogP contribution in [0.1, 0.15) is 0 Å². The maximum absolute atomic E-state index is 11.0. The molecule has 0 bridgehead atoms. The van der Waals surface area contributed by atoms with Crippen LogP contribution in [0.2, 0.25) is 0 Å². The Morgan fingerprint density at radius 3 is 2.73 bits per heavy atom. The summed E-state index contributed by atoms with van der Waals surface area (Å²) in [6, 6.07) is 9.79. The summed E-state index contributed by atoms with van der Waals surface area (Å²) in [7, 11) is 1.52. The van der Waals surface area contributed by atoms with Crippen molar-refractivity contribution in [1.29, 1.82) is 0 Å². The summed E-state index contributed by atoms with van der Waals surface area (Å²) in [5, 5.41) is 0. The molecule has 78 valence electrons. The van der Waals surface area contributed by atoms with E-state index < -0.39 is 6.29 Å². The van der Waals surface area contributed by atoms with Gasteiger partial charge in [0.25, 0.3) is 0 Å². The van der Waals surface area contributed by atoms with Gasteiger partial charge in [0.15, 0.2) is 0 Å². The normalized spacial score (nSPS) is 19.9. The largest absolute Gasteiger partial charge is 0.427 e. The molecule has 1 heterocycles. The quantitative estimate of drug-likeness (QED) is 0.734. The van der Waals surface area contributed by atoms with Crippen molar-refractivity contribution in [3.63, 3.8) is 0 Å². The molecule has 0 saturated carbocycles. The van der Waals surface area contributed by atoms with Gasteiger partial charge < -0.3 is 9.47 Å².